The summed E-state index contributed by atoms with van der Waals surface area (Å²) >= 11 is 0. The first-order valence-electron chi connectivity index (χ1n) is 7.95. The molecule has 0 bridgehead atoms. The molecule has 26 heavy (non-hydrogen) atoms. The number of hydrogen-bond donors (Lipinski definition) is 3. The number of benzene rings is 2. The molecule has 0 saturated heterocycles. The minimum absolute atomic E-state index is 0.420. The third kappa shape index (κ3) is 4.27. The van der Waals surface area contributed by atoms with E-state index in [0.717, 1.165) is 11.8 Å². The van der Waals surface area contributed by atoms with E-state index in [1.807, 2.05) is 30.3 Å². The van der Waals surface area contributed by atoms with Crippen molar-refractivity contribution < 1.29 is 19.1 Å². The number of ether oxygens (including phenoxy) is 2. The highest BCUT2D eigenvalue weighted by Gasteiger charge is 2.18. The highest BCUT2D eigenvalue weighted by Crippen LogP contribution is 2.32. The molecular weight excluding hydrogens is 334 g/mol. The molecule has 2 aromatic carbocycles. The van der Waals surface area contributed by atoms with Gasteiger partial charge in [-0.25, -0.2) is 0 Å². The summed E-state index contributed by atoms with van der Waals surface area (Å²) in [5, 5.41) is 13.1. The molecule has 1 aliphatic rings. The van der Waals surface area contributed by atoms with Crippen LogP contribution in [0.25, 0.3) is 0 Å². The van der Waals surface area contributed by atoms with Gasteiger partial charge in [0.15, 0.2) is 17.2 Å². The topological polar surface area (TPSA) is 101 Å². The third-order valence-electron chi connectivity index (χ3n) is 3.53. The smallest absolute Gasteiger partial charge is 0.277 e. The van der Waals surface area contributed by atoms with Crippen molar-refractivity contribution in [2.45, 2.75) is 0 Å². The number of para-hydroxylation sites is 1. The fourth-order valence-corrected chi connectivity index (χ4v) is 2.26. The van der Waals surface area contributed by atoms with E-state index in [1.165, 1.54) is 6.20 Å². The van der Waals surface area contributed by atoms with Crippen molar-refractivity contribution in [3.63, 3.8) is 0 Å². The fourth-order valence-electron chi connectivity index (χ4n) is 2.26. The zero-order valence-corrected chi connectivity index (χ0v) is 13.8. The summed E-state index contributed by atoms with van der Waals surface area (Å²) in [4.78, 5) is 24.0. The Kier molecular flexibility index (Phi) is 5.28. The van der Waals surface area contributed by atoms with Crippen LogP contribution in [-0.4, -0.2) is 30.6 Å². The molecule has 0 radical (unpaired) electrons. The Labute approximate surface area is 150 Å². The molecule has 0 fully saturated rings. The predicted octanol–water partition coefficient (Wildman–Crippen LogP) is 2.61. The summed E-state index contributed by atoms with van der Waals surface area (Å²) in [6.45, 7) is 0.902. The van der Waals surface area contributed by atoms with Gasteiger partial charge in [-0.15, -0.1) is 0 Å². The highest BCUT2D eigenvalue weighted by atomic mass is 16.6. The fraction of sp³-hybridized carbons (Fsp3) is 0.105. The minimum atomic E-state index is -0.795. The van der Waals surface area contributed by atoms with Gasteiger partial charge in [0.1, 0.15) is 13.2 Å². The molecule has 1 amide bonds. The normalized spacial score (nSPS) is 12.5. The van der Waals surface area contributed by atoms with Gasteiger partial charge in [-0.3, -0.25) is 15.0 Å². The predicted molar refractivity (Wildman–Crippen MR) is 98.0 cm³/mol. The van der Waals surface area contributed by atoms with E-state index in [-0.39, 0.29) is 0 Å². The van der Waals surface area contributed by atoms with Crippen molar-refractivity contribution in [2.24, 2.45) is 0 Å². The maximum absolute atomic E-state index is 12.1. The van der Waals surface area contributed by atoms with Gasteiger partial charge >= 0.3 is 0 Å². The van der Waals surface area contributed by atoms with Crippen molar-refractivity contribution >= 4 is 28.8 Å². The van der Waals surface area contributed by atoms with E-state index in [4.69, 9.17) is 14.9 Å². The monoisotopic (exact) mass is 351 g/mol. The molecule has 1 aliphatic heterocycles. The molecule has 3 rings (SSSR count). The zero-order valence-electron chi connectivity index (χ0n) is 13.8. The number of allylic oxidation sites excluding steroid dienone is 1. The first-order chi connectivity index (χ1) is 12.6. The van der Waals surface area contributed by atoms with Crippen molar-refractivity contribution in [3.05, 3.63) is 60.8 Å². The van der Waals surface area contributed by atoms with Crippen LogP contribution in [-0.2, 0) is 9.59 Å². The lowest BCUT2D eigenvalue weighted by atomic mass is 10.2. The first-order valence-corrected chi connectivity index (χ1v) is 7.95. The van der Waals surface area contributed by atoms with Crippen LogP contribution in [0.5, 0.6) is 11.5 Å². The second kappa shape index (κ2) is 7.98. The average molecular weight is 351 g/mol. The molecule has 1 heterocycles. The van der Waals surface area contributed by atoms with Crippen LogP contribution in [0.3, 0.4) is 0 Å². The molecule has 0 aromatic heterocycles. The molecule has 2 aromatic rings. The first kappa shape index (κ1) is 17.2. The second-order valence-corrected chi connectivity index (χ2v) is 5.40. The van der Waals surface area contributed by atoms with Crippen LogP contribution in [0.1, 0.15) is 0 Å². The summed E-state index contributed by atoms with van der Waals surface area (Å²) in [5.41, 5.74) is 0.554. The van der Waals surface area contributed by atoms with E-state index in [0.29, 0.717) is 30.4 Å². The van der Waals surface area contributed by atoms with Gasteiger partial charge < -0.3 is 20.1 Å². The number of ketones is 1. The molecule has 0 spiro atoms. The summed E-state index contributed by atoms with van der Waals surface area (Å²) in [6, 6.07) is 14.1. The number of fused-ring (bicyclic) bond motifs is 1. The summed E-state index contributed by atoms with van der Waals surface area (Å²) < 4.78 is 10.8. The Balaban J connectivity index is 1.57. The number of carbonyl (C=O) groups excluding carboxylic acids is 2. The molecule has 0 atom stereocenters. The molecule has 0 saturated carbocycles. The average Bonchev–Trinajstić information content (AvgIpc) is 2.68. The summed E-state index contributed by atoms with van der Waals surface area (Å²) in [7, 11) is 0. The SMILES string of the molecule is N=C(C(=O)/C=C\Nc1ccccc1)C(=O)Nc1ccc2c(c1)OCCO2. The van der Waals surface area contributed by atoms with Crippen LogP contribution in [0.4, 0.5) is 11.4 Å². The number of hydrogen-bond acceptors (Lipinski definition) is 6. The van der Waals surface area contributed by atoms with Gasteiger partial charge in [0.2, 0.25) is 5.78 Å². The van der Waals surface area contributed by atoms with Crippen LogP contribution in [0.15, 0.2) is 60.8 Å². The Morgan fingerprint density at radius 1 is 0.962 bits per heavy atom. The van der Waals surface area contributed by atoms with Crippen LogP contribution >= 0.6 is 0 Å². The van der Waals surface area contributed by atoms with Crippen molar-refractivity contribution in [1.82, 2.24) is 0 Å². The van der Waals surface area contributed by atoms with Crippen molar-refractivity contribution in [1.29, 1.82) is 5.41 Å². The van der Waals surface area contributed by atoms with Crippen LogP contribution in [0, 0.1) is 5.41 Å². The molecule has 7 nitrogen and oxygen atoms in total. The van der Waals surface area contributed by atoms with Gasteiger partial charge in [-0.1, -0.05) is 18.2 Å². The van der Waals surface area contributed by atoms with Gasteiger partial charge in [0, 0.05) is 29.7 Å². The lowest BCUT2D eigenvalue weighted by molar-refractivity contribution is -0.113. The van der Waals surface area contributed by atoms with Gasteiger partial charge in [0.25, 0.3) is 5.91 Å². The second-order valence-electron chi connectivity index (χ2n) is 5.40. The summed E-state index contributed by atoms with van der Waals surface area (Å²) in [6.07, 6.45) is 2.53. The Hall–Kier alpha value is -3.61. The summed E-state index contributed by atoms with van der Waals surface area (Å²) in [5.74, 6) is -0.395. The van der Waals surface area contributed by atoms with Gasteiger partial charge in [-0.2, -0.15) is 0 Å². The molecular formula is C19H17N3O4. The quantitative estimate of drug-likeness (QED) is 0.422. The molecule has 7 heteroatoms. The van der Waals surface area contributed by atoms with Gasteiger partial charge in [0.05, 0.1) is 0 Å². The van der Waals surface area contributed by atoms with Crippen LogP contribution < -0.4 is 20.1 Å². The number of nitrogens with one attached hydrogen (secondary N) is 3. The Morgan fingerprint density at radius 3 is 2.46 bits per heavy atom. The van der Waals surface area contributed by atoms with Crippen LogP contribution in [0.2, 0.25) is 0 Å². The zero-order chi connectivity index (χ0) is 18.4. The van der Waals surface area contributed by atoms with E-state index < -0.39 is 17.4 Å². The molecule has 3 N–H and O–H groups in total. The standard InChI is InChI=1S/C19H17N3O4/c20-18(15(23)8-9-21-13-4-2-1-3-5-13)19(24)22-14-6-7-16-17(12-14)26-11-10-25-16/h1-9,12,20-21H,10-11H2,(H,22,24)/b9-8-,20-18?. The van der Waals surface area contributed by atoms with Crippen molar-refractivity contribution in [2.75, 3.05) is 23.8 Å². The van der Waals surface area contributed by atoms with Crippen molar-refractivity contribution in [3.8, 4) is 11.5 Å². The maximum atomic E-state index is 12.1. The third-order valence-corrected chi connectivity index (χ3v) is 3.53. The maximum Gasteiger partial charge on any atom is 0.277 e. The number of amides is 1. The lowest BCUT2D eigenvalue weighted by Gasteiger charge is -2.18. The largest absolute Gasteiger partial charge is 0.486 e. The molecule has 132 valence electrons. The number of rotatable bonds is 6. The van der Waals surface area contributed by atoms with E-state index in [1.54, 1.807) is 18.2 Å². The molecule has 0 aliphatic carbocycles. The van der Waals surface area contributed by atoms with E-state index in [9.17, 15) is 9.59 Å². The Bertz CT molecular complexity index is 862. The highest BCUT2D eigenvalue weighted by molar-refractivity contribution is 6.68. The Morgan fingerprint density at radius 2 is 1.69 bits per heavy atom. The van der Waals surface area contributed by atoms with Gasteiger partial charge in [-0.05, 0) is 24.3 Å². The van der Waals surface area contributed by atoms with E-state index in [2.05, 4.69) is 10.6 Å². The molecule has 0 unspecified atom stereocenters. The number of carbonyl (C=O) groups is 2. The minimum Gasteiger partial charge on any atom is -0.486 e. The lowest BCUT2D eigenvalue weighted by Crippen LogP contribution is -2.28. The van der Waals surface area contributed by atoms with E-state index >= 15 is 0 Å². The number of anilines is 2.